The molecule has 2 rings (SSSR count). The van der Waals surface area contributed by atoms with Crippen LogP contribution in [0.25, 0.3) is 0 Å². The molecule has 7 heteroatoms. The van der Waals surface area contributed by atoms with Crippen molar-refractivity contribution in [2.75, 3.05) is 11.1 Å². The maximum Gasteiger partial charge on any atom is 0.257 e. The van der Waals surface area contributed by atoms with Crippen LogP contribution in [0.15, 0.2) is 31.8 Å². The fraction of sp³-hybridized carbons (Fsp3) is 0. The van der Waals surface area contributed by atoms with E-state index in [9.17, 15) is 9.18 Å². The van der Waals surface area contributed by atoms with Crippen LogP contribution in [0.2, 0.25) is 0 Å². The van der Waals surface area contributed by atoms with E-state index >= 15 is 0 Å². The average molecular weight is 394 g/mol. The summed E-state index contributed by atoms with van der Waals surface area (Å²) in [5.41, 5.74) is 6.57. The lowest BCUT2D eigenvalue weighted by atomic mass is 10.2. The molecule has 0 saturated carbocycles. The van der Waals surface area contributed by atoms with Gasteiger partial charge in [0.2, 0.25) is 0 Å². The molecule has 1 aromatic heterocycles. The third-order valence-corrected chi connectivity index (χ3v) is 4.42. The molecule has 0 spiro atoms. The Morgan fingerprint density at radius 3 is 2.56 bits per heavy atom. The smallest absolute Gasteiger partial charge is 0.257 e. The van der Waals surface area contributed by atoms with E-state index in [1.165, 1.54) is 29.5 Å². The Bertz CT molecular complexity index is 595. The van der Waals surface area contributed by atoms with Crippen LogP contribution in [0, 0.1) is 5.82 Å². The first-order chi connectivity index (χ1) is 8.45. The van der Waals surface area contributed by atoms with E-state index in [4.69, 9.17) is 5.73 Å². The Labute approximate surface area is 123 Å². The average Bonchev–Trinajstić information content (AvgIpc) is 2.56. The van der Waals surface area contributed by atoms with E-state index in [-0.39, 0.29) is 11.6 Å². The van der Waals surface area contributed by atoms with Crippen molar-refractivity contribution in [3.05, 3.63) is 43.2 Å². The molecule has 1 heterocycles. The molecule has 1 aromatic carbocycles. The minimum Gasteiger partial charge on any atom is -0.399 e. The first kappa shape index (κ1) is 13.5. The lowest BCUT2D eigenvalue weighted by Gasteiger charge is -2.05. The van der Waals surface area contributed by atoms with Gasteiger partial charge in [-0.2, -0.15) is 0 Å². The summed E-state index contributed by atoms with van der Waals surface area (Å²) in [5.74, 6) is -0.815. The van der Waals surface area contributed by atoms with Crippen molar-refractivity contribution < 1.29 is 9.18 Å². The lowest BCUT2D eigenvalue weighted by Crippen LogP contribution is -2.11. The largest absolute Gasteiger partial charge is 0.399 e. The van der Waals surface area contributed by atoms with Gasteiger partial charge in [-0.1, -0.05) is 0 Å². The van der Waals surface area contributed by atoms with Gasteiger partial charge >= 0.3 is 0 Å². The van der Waals surface area contributed by atoms with Crippen molar-refractivity contribution in [3.63, 3.8) is 0 Å². The van der Waals surface area contributed by atoms with Crippen molar-refractivity contribution in [1.82, 2.24) is 0 Å². The number of carbonyl (C=O) groups excluding carboxylic acids is 1. The number of thiophene rings is 1. The van der Waals surface area contributed by atoms with Gasteiger partial charge in [-0.05, 0) is 56.1 Å². The van der Waals surface area contributed by atoms with Gasteiger partial charge in [-0.3, -0.25) is 4.79 Å². The number of hydrogen-bond acceptors (Lipinski definition) is 3. The highest BCUT2D eigenvalue weighted by Gasteiger charge is 2.14. The second-order valence-electron chi connectivity index (χ2n) is 3.47. The number of carbonyl (C=O) groups is 1. The predicted octanol–water partition coefficient (Wildman–Crippen LogP) is 4.25. The van der Waals surface area contributed by atoms with Crippen LogP contribution in [0.1, 0.15) is 10.4 Å². The van der Waals surface area contributed by atoms with Crippen LogP contribution in [-0.4, -0.2) is 5.91 Å². The summed E-state index contributed by atoms with van der Waals surface area (Å²) in [6.45, 7) is 0. The van der Waals surface area contributed by atoms with Crippen LogP contribution in [0.4, 0.5) is 15.8 Å². The normalized spacial score (nSPS) is 10.4. The Hall–Kier alpha value is -0.920. The highest BCUT2D eigenvalue weighted by atomic mass is 79.9. The molecule has 0 bridgehead atoms. The van der Waals surface area contributed by atoms with Crippen LogP contribution in [0.5, 0.6) is 0 Å². The molecule has 94 valence electrons. The third kappa shape index (κ3) is 3.09. The molecule has 2 aromatic rings. The van der Waals surface area contributed by atoms with Gasteiger partial charge in [0.25, 0.3) is 5.91 Å². The SMILES string of the molecule is Nc1cc(F)cc(NC(=O)c2cc(Br)sc2Br)c1. The monoisotopic (exact) mass is 392 g/mol. The summed E-state index contributed by atoms with van der Waals surface area (Å²) < 4.78 is 14.7. The Kier molecular flexibility index (Phi) is 4.04. The van der Waals surface area contributed by atoms with Crippen molar-refractivity contribution in [2.24, 2.45) is 0 Å². The van der Waals surface area contributed by atoms with Crippen LogP contribution in [-0.2, 0) is 0 Å². The number of nitrogens with two attached hydrogens (primary N) is 1. The fourth-order valence-corrected chi connectivity index (χ4v) is 4.17. The second kappa shape index (κ2) is 5.38. The van der Waals surface area contributed by atoms with Gasteiger partial charge in [0.15, 0.2) is 0 Å². The fourth-order valence-electron chi connectivity index (χ4n) is 1.38. The van der Waals surface area contributed by atoms with E-state index in [1.54, 1.807) is 6.07 Å². The summed E-state index contributed by atoms with van der Waals surface area (Å²) in [6.07, 6.45) is 0. The van der Waals surface area contributed by atoms with E-state index in [0.717, 1.165) is 3.79 Å². The number of amides is 1. The molecule has 3 N–H and O–H groups in total. The van der Waals surface area contributed by atoms with Crippen molar-refractivity contribution >= 4 is 60.5 Å². The van der Waals surface area contributed by atoms with E-state index in [0.29, 0.717) is 15.0 Å². The number of benzene rings is 1. The number of nitrogens with one attached hydrogen (secondary N) is 1. The highest BCUT2D eigenvalue weighted by molar-refractivity contribution is 9.12. The van der Waals surface area contributed by atoms with E-state index < -0.39 is 5.82 Å². The summed E-state index contributed by atoms with van der Waals surface area (Å²) in [7, 11) is 0. The van der Waals surface area contributed by atoms with Gasteiger partial charge < -0.3 is 11.1 Å². The Morgan fingerprint density at radius 2 is 2.00 bits per heavy atom. The maximum absolute atomic E-state index is 13.1. The lowest BCUT2D eigenvalue weighted by molar-refractivity contribution is 0.102. The molecule has 0 unspecified atom stereocenters. The first-order valence-corrected chi connectivity index (χ1v) is 7.18. The molecule has 0 fully saturated rings. The standard InChI is InChI=1S/C11H7Br2FN2OS/c12-9-4-8(10(13)18-9)11(17)16-7-2-5(14)1-6(15)3-7/h1-4H,15H2,(H,16,17). The van der Waals surface area contributed by atoms with Crippen LogP contribution >= 0.6 is 43.2 Å². The summed E-state index contributed by atoms with van der Waals surface area (Å²) in [4.78, 5) is 12.0. The minimum absolute atomic E-state index is 0.260. The molecular weight excluding hydrogens is 387 g/mol. The molecule has 1 amide bonds. The topological polar surface area (TPSA) is 55.1 Å². The second-order valence-corrected chi connectivity index (χ2v) is 7.21. The maximum atomic E-state index is 13.1. The minimum atomic E-state index is -0.490. The Balaban J connectivity index is 2.23. The number of rotatable bonds is 2. The third-order valence-electron chi connectivity index (χ3n) is 2.08. The number of halogens is 3. The van der Waals surface area contributed by atoms with Gasteiger partial charge in [0, 0.05) is 11.4 Å². The molecule has 0 aliphatic rings. The zero-order valence-electron chi connectivity index (χ0n) is 8.84. The summed E-state index contributed by atoms with van der Waals surface area (Å²) in [5, 5.41) is 2.59. The predicted molar refractivity (Wildman–Crippen MR) is 78.5 cm³/mol. The summed E-state index contributed by atoms with van der Waals surface area (Å²) in [6, 6.07) is 5.58. The van der Waals surface area contributed by atoms with Crippen molar-refractivity contribution in [1.29, 1.82) is 0 Å². The first-order valence-electron chi connectivity index (χ1n) is 4.78. The van der Waals surface area contributed by atoms with Gasteiger partial charge in [0.1, 0.15) is 5.82 Å². The molecule has 18 heavy (non-hydrogen) atoms. The molecular formula is C11H7Br2FN2OS. The Morgan fingerprint density at radius 1 is 1.28 bits per heavy atom. The molecule has 0 aliphatic heterocycles. The molecule has 0 atom stereocenters. The van der Waals surface area contributed by atoms with Crippen molar-refractivity contribution in [3.8, 4) is 0 Å². The quantitative estimate of drug-likeness (QED) is 0.749. The van der Waals surface area contributed by atoms with Crippen LogP contribution in [0.3, 0.4) is 0 Å². The van der Waals surface area contributed by atoms with Gasteiger partial charge in [-0.25, -0.2) is 4.39 Å². The number of nitrogen functional groups attached to an aromatic ring is 1. The van der Waals surface area contributed by atoms with Crippen molar-refractivity contribution in [2.45, 2.75) is 0 Å². The molecule has 3 nitrogen and oxygen atoms in total. The number of anilines is 2. The zero-order valence-corrected chi connectivity index (χ0v) is 12.8. The summed E-state index contributed by atoms with van der Waals surface area (Å²) >= 11 is 7.97. The molecule has 0 saturated heterocycles. The van der Waals surface area contributed by atoms with E-state index in [1.807, 2.05) is 0 Å². The van der Waals surface area contributed by atoms with Gasteiger partial charge in [-0.15, -0.1) is 11.3 Å². The van der Waals surface area contributed by atoms with E-state index in [2.05, 4.69) is 37.2 Å². The molecule has 0 radical (unpaired) electrons. The van der Waals surface area contributed by atoms with Gasteiger partial charge in [0.05, 0.1) is 13.1 Å². The van der Waals surface area contributed by atoms with Crippen LogP contribution < -0.4 is 11.1 Å². The number of hydrogen-bond donors (Lipinski definition) is 2. The molecule has 0 aliphatic carbocycles. The highest BCUT2D eigenvalue weighted by Crippen LogP contribution is 2.32. The zero-order chi connectivity index (χ0) is 13.3.